The van der Waals surface area contributed by atoms with E-state index in [-0.39, 0.29) is 19.3 Å². The van der Waals surface area contributed by atoms with Crippen molar-refractivity contribution < 1.29 is 38.1 Å². The van der Waals surface area contributed by atoms with Gasteiger partial charge in [0.15, 0.2) is 6.04 Å². The second-order valence-corrected chi connectivity index (χ2v) is 10.3. The number of imide groups is 1. The van der Waals surface area contributed by atoms with Crippen LogP contribution in [-0.2, 0) is 35.1 Å². The van der Waals surface area contributed by atoms with Crippen LogP contribution in [0.1, 0.15) is 60.5 Å². The Morgan fingerprint density at radius 1 is 0.971 bits per heavy atom. The molecule has 1 aliphatic rings. The van der Waals surface area contributed by atoms with Crippen molar-refractivity contribution >= 4 is 18.2 Å². The van der Waals surface area contributed by atoms with Crippen molar-refractivity contribution in [1.82, 2.24) is 4.90 Å². The average molecular weight is 480 g/mol. The van der Waals surface area contributed by atoms with E-state index in [1.807, 2.05) is 30.3 Å². The van der Waals surface area contributed by atoms with Gasteiger partial charge in [-0.3, -0.25) is 0 Å². The monoisotopic (exact) mass is 479 g/mol. The van der Waals surface area contributed by atoms with Crippen LogP contribution in [0.15, 0.2) is 30.3 Å². The summed E-state index contributed by atoms with van der Waals surface area (Å²) < 4.78 is 28.0. The Kier molecular flexibility index (Phi) is 9.46. The van der Waals surface area contributed by atoms with Gasteiger partial charge in [0.2, 0.25) is 0 Å². The Balaban J connectivity index is 2.19. The fourth-order valence-electron chi connectivity index (χ4n) is 3.18. The number of hydrogen-bond donors (Lipinski definition) is 0. The largest absolute Gasteiger partial charge is 0.461 e. The molecule has 9 heteroatoms. The standard InChI is InChI=1S/C25H37NO8/c1-17-13-19(31-14-18-11-9-8-10-12-18)15-30-16-20(21(27)32-17)26(22(28)33-24(2,3)4)23(29)34-25(5,6)7/h8-12,17,19-20H,13-16H2,1-7H3/t17?,19?,20-/m0/s1. The van der Waals surface area contributed by atoms with E-state index in [4.69, 9.17) is 23.7 Å². The van der Waals surface area contributed by atoms with Crippen LogP contribution in [0.25, 0.3) is 0 Å². The lowest BCUT2D eigenvalue weighted by atomic mass is 10.2. The molecule has 2 unspecified atom stereocenters. The molecular weight excluding hydrogens is 442 g/mol. The summed E-state index contributed by atoms with van der Waals surface area (Å²) in [6.07, 6.45) is -2.52. The minimum Gasteiger partial charge on any atom is -0.461 e. The Morgan fingerprint density at radius 3 is 2.06 bits per heavy atom. The van der Waals surface area contributed by atoms with Gasteiger partial charge in [0, 0.05) is 6.42 Å². The number of esters is 1. The summed E-state index contributed by atoms with van der Waals surface area (Å²) in [5, 5.41) is 0. The first-order valence-electron chi connectivity index (χ1n) is 11.4. The van der Waals surface area contributed by atoms with E-state index < -0.39 is 41.5 Å². The van der Waals surface area contributed by atoms with Gasteiger partial charge < -0.3 is 23.7 Å². The maximum Gasteiger partial charge on any atom is 0.420 e. The van der Waals surface area contributed by atoms with Crippen LogP contribution in [0, 0.1) is 0 Å². The molecule has 0 spiro atoms. The zero-order chi connectivity index (χ0) is 25.5. The molecule has 1 saturated heterocycles. The van der Waals surface area contributed by atoms with Crippen LogP contribution in [0.5, 0.6) is 0 Å². The Morgan fingerprint density at radius 2 is 1.53 bits per heavy atom. The van der Waals surface area contributed by atoms with Gasteiger partial charge >= 0.3 is 18.2 Å². The predicted octanol–water partition coefficient (Wildman–Crippen LogP) is 4.46. The van der Waals surface area contributed by atoms with Crippen LogP contribution in [0.4, 0.5) is 9.59 Å². The van der Waals surface area contributed by atoms with E-state index in [1.54, 1.807) is 48.5 Å². The molecular formula is C25H37NO8. The molecule has 2 amide bonds. The highest BCUT2D eigenvalue weighted by Crippen LogP contribution is 2.20. The molecule has 0 bridgehead atoms. The molecule has 1 aliphatic heterocycles. The molecule has 0 aliphatic carbocycles. The van der Waals surface area contributed by atoms with E-state index in [2.05, 4.69) is 0 Å². The topological polar surface area (TPSA) is 101 Å². The smallest absolute Gasteiger partial charge is 0.420 e. The van der Waals surface area contributed by atoms with Crippen molar-refractivity contribution in [3.05, 3.63) is 35.9 Å². The lowest BCUT2D eigenvalue weighted by Gasteiger charge is -2.32. The van der Waals surface area contributed by atoms with E-state index in [0.29, 0.717) is 17.9 Å². The number of ether oxygens (including phenoxy) is 5. The van der Waals surface area contributed by atoms with E-state index in [9.17, 15) is 14.4 Å². The molecule has 1 heterocycles. The van der Waals surface area contributed by atoms with E-state index in [0.717, 1.165) is 5.56 Å². The van der Waals surface area contributed by atoms with Crippen molar-refractivity contribution in [3.8, 4) is 0 Å². The van der Waals surface area contributed by atoms with Gasteiger partial charge in [0.05, 0.1) is 25.9 Å². The summed E-state index contributed by atoms with van der Waals surface area (Å²) in [5.74, 6) is -0.784. The average Bonchev–Trinajstić information content (AvgIpc) is 2.74. The number of amides is 2. The Bertz CT molecular complexity index is 800. The van der Waals surface area contributed by atoms with Gasteiger partial charge in [-0.2, -0.15) is 4.90 Å². The van der Waals surface area contributed by atoms with Gasteiger partial charge in [0.1, 0.15) is 17.3 Å². The number of benzene rings is 1. The summed E-state index contributed by atoms with van der Waals surface area (Å²) in [6.45, 7) is 11.9. The Labute approximate surface area is 201 Å². The number of rotatable bonds is 4. The third kappa shape index (κ3) is 9.30. The van der Waals surface area contributed by atoms with Crippen molar-refractivity contribution in [2.24, 2.45) is 0 Å². The molecule has 190 valence electrons. The van der Waals surface area contributed by atoms with Crippen molar-refractivity contribution in [3.63, 3.8) is 0 Å². The highest BCUT2D eigenvalue weighted by molar-refractivity contribution is 5.94. The first kappa shape index (κ1) is 27.6. The summed E-state index contributed by atoms with van der Waals surface area (Å²) >= 11 is 0. The maximum atomic E-state index is 13.0. The summed E-state index contributed by atoms with van der Waals surface area (Å²) in [4.78, 5) is 39.5. The third-order valence-corrected chi connectivity index (χ3v) is 4.58. The lowest BCUT2D eigenvalue weighted by molar-refractivity contribution is -0.156. The molecule has 0 aromatic heterocycles. The fourth-order valence-corrected chi connectivity index (χ4v) is 3.18. The van der Waals surface area contributed by atoms with Crippen molar-refractivity contribution in [2.45, 2.75) is 90.9 Å². The van der Waals surface area contributed by atoms with E-state index >= 15 is 0 Å². The molecule has 2 rings (SSSR count). The first-order valence-corrected chi connectivity index (χ1v) is 11.4. The number of carbonyl (C=O) groups excluding carboxylic acids is 3. The highest BCUT2D eigenvalue weighted by atomic mass is 16.6. The third-order valence-electron chi connectivity index (χ3n) is 4.58. The maximum absolute atomic E-state index is 13.0. The second kappa shape index (κ2) is 11.7. The minimum atomic E-state index is -1.37. The number of cyclic esters (lactones) is 1. The predicted molar refractivity (Wildman–Crippen MR) is 124 cm³/mol. The zero-order valence-electron chi connectivity index (χ0n) is 21.2. The van der Waals surface area contributed by atoms with Gasteiger partial charge in [-0.25, -0.2) is 14.4 Å². The van der Waals surface area contributed by atoms with Crippen LogP contribution in [0.3, 0.4) is 0 Å². The zero-order valence-corrected chi connectivity index (χ0v) is 21.2. The molecule has 1 fully saturated rings. The van der Waals surface area contributed by atoms with Gasteiger partial charge in [0.25, 0.3) is 0 Å². The molecule has 0 radical (unpaired) electrons. The quantitative estimate of drug-likeness (QED) is 0.461. The summed E-state index contributed by atoms with van der Waals surface area (Å²) in [7, 11) is 0. The molecule has 3 atom stereocenters. The van der Waals surface area contributed by atoms with Crippen LogP contribution < -0.4 is 0 Å². The van der Waals surface area contributed by atoms with E-state index in [1.165, 1.54) is 0 Å². The molecule has 1 aromatic carbocycles. The highest BCUT2D eigenvalue weighted by Gasteiger charge is 2.42. The molecule has 9 nitrogen and oxygen atoms in total. The van der Waals surface area contributed by atoms with Crippen molar-refractivity contribution in [2.75, 3.05) is 13.2 Å². The van der Waals surface area contributed by atoms with Gasteiger partial charge in [-0.05, 0) is 54.0 Å². The SMILES string of the molecule is CC1CC(OCc2ccccc2)COC[C@H](N(C(=O)OC(C)(C)C)C(=O)OC(C)(C)C)C(=O)O1. The minimum absolute atomic E-state index is 0.154. The summed E-state index contributed by atoms with van der Waals surface area (Å²) in [5.41, 5.74) is -0.792. The molecule has 0 saturated carbocycles. The molecule has 0 N–H and O–H groups in total. The Hall–Kier alpha value is -2.65. The first-order chi connectivity index (χ1) is 15.7. The van der Waals surface area contributed by atoms with Crippen LogP contribution in [0.2, 0.25) is 0 Å². The number of nitrogens with zero attached hydrogens (tertiary/aromatic N) is 1. The second-order valence-electron chi connectivity index (χ2n) is 10.3. The van der Waals surface area contributed by atoms with Gasteiger partial charge in [-0.15, -0.1) is 0 Å². The number of carbonyl (C=O) groups is 3. The summed E-state index contributed by atoms with van der Waals surface area (Å²) in [6, 6.07) is 8.31. The van der Waals surface area contributed by atoms with Gasteiger partial charge in [-0.1, -0.05) is 30.3 Å². The lowest BCUT2D eigenvalue weighted by Crippen LogP contribution is -2.54. The number of hydrogen-bond acceptors (Lipinski definition) is 8. The fraction of sp³-hybridized carbons (Fsp3) is 0.640. The van der Waals surface area contributed by atoms with Crippen molar-refractivity contribution in [1.29, 1.82) is 0 Å². The van der Waals surface area contributed by atoms with Crippen LogP contribution >= 0.6 is 0 Å². The molecule has 1 aromatic rings. The van der Waals surface area contributed by atoms with Crippen LogP contribution in [-0.4, -0.2) is 65.7 Å². The normalized spacial score (nSPS) is 22.0. The molecule has 34 heavy (non-hydrogen) atoms.